The van der Waals surface area contributed by atoms with E-state index in [9.17, 15) is 8.42 Å². The topological polar surface area (TPSA) is 64.1 Å². The van der Waals surface area contributed by atoms with Crippen molar-refractivity contribution in [2.45, 2.75) is 32.9 Å². The van der Waals surface area contributed by atoms with Crippen LogP contribution in [0.1, 0.15) is 20.3 Å². The van der Waals surface area contributed by atoms with E-state index in [1.54, 1.807) is 0 Å². The van der Waals surface area contributed by atoms with Crippen LogP contribution in [0.4, 0.5) is 0 Å². The number of benzene rings is 1. The number of hydrogen-bond acceptors (Lipinski definition) is 4. The van der Waals surface area contributed by atoms with Gasteiger partial charge in [-0.15, -0.1) is 0 Å². The van der Waals surface area contributed by atoms with Crippen molar-refractivity contribution in [3.05, 3.63) is 23.0 Å². The lowest BCUT2D eigenvalue weighted by Gasteiger charge is -2.10. The maximum Gasteiger partial charge on any atom is 0.178 e. The molecule has 0 unspecified atom stereocenters. The van der Waals surface area contributed by atoms with Crippen molar-refractivity contribution in [2.24, 2.45) is 0 Å². The average molecular weight is 328 g/mol. The SMILES string of the molecule is CC(C)Oc1cccc2c1[nH]c(=S)n2CCCS(C)(=O)=O. The maximum atomic E-state index is 11.2. The molecule has 0 atom stereocenters. The molecule has 0 fully saturated rings. The summed E-state index contributed by atoms with van der Waals surface area (Å²) in [5.41, 5.74) is 1.79. The predicted octanol–water partition coefficient (Wildman–Crippen LogP) is 2.92. The predicted molar refractivity (Wildman–Crippen MR) is 87.2 cm³/mol. The number of ether oxygens (including phenoxy) is 1. The summed E-state index contributed by atoms with van der Waals surface area (Å²) in [7, 11) is -2.95. The van der Waals surface area contributed by atoms with Crippen molar-refractivity contribution in [3.8, 4) is 5.75 Å². The summed E-state index contributed by atoms with van der Waals surface area (Å²) in [6.07, 6.45) is 1.86. The highest BCUT2D eigenvalue weighted by atomic mass is 32.2. The van der Waals surface area contributed by atoms with E-state index in [2.05, 4.69) is 4.98 Å². The van der Waals surface area contributed by atoms with Crippen molar-refractivity contribution < 1.29 is 13.2 Å². The van der Waals surface area contributed by atoms with Gasteiger partial charge in [-0.3, -0.25) is 0 Å². The molecule has 0 bridgehead atoms. The average Bonchev–Trinajstić information content (AvgIpc) is 2.65. The first-order chi connectivity index (χ1) is 9.78. The fraction of sp³-hybridized carbons (Fsp3) is 0.500. The molecular formula is C14H20N2O3S2. The lowest BCUT2D eigenvalue weighted by Crippen LogP contribution is -2.08. The van der Waals surface area contributed by atoms with Crippen LogP contribution in [-0.4, -0.2) is 36.1 Å². The Labute approximate surface area is 129 Å². The largest absolute Gasteiger partial charge is 0.489 e. The zero-order valence-corrected chi connectivity index (χ0v) is 14.1. The summed E-state index contributed by atoms with van der Waals surface area (Å²) < 4.78 is 30.7. The van der Waals surface area contributed by atoms with Crippen LogP contribution in [0.15, 0.2) is 18.2 Å². The number of para-hydroxylation sites is 1. The summed E-state index contributed by atoms with van der Waals surface area (Å²) in [6.45, 7) is 4.50. The third kappa shape index (κ3) is 4.07. The second-order valence-electron chi connectivity index (χ2n) is 5.38. The third-order valence-corrected chi connectivity index (χ3v) is 4.38. The van der Waals surface area contributed by atoms with E-state index < -0.39 is 9.84 Å². The van der Waals surface area contributed by atoms with Gasteiger partial charge in [0.15, 0.2) is 4.77 Å². The van der Waals surface area contributed by atoms with Crippen LogP contribution < -0.4 is 4.74 Å². The summed E-state index contributed by atoms with van der Waals surface area (Å²) in [5.74, 6) is 0.916. The molecule has 0 saturated carbocycles. The highest BCUT2D eigenvalue weighted by Gasteiger charge is 2.11. The van der Waals surface area contributed by atoms with Gasteiger partial charge in [0.2, 0.25) is 0 Å². The summed E-state index contributed by atoms with van der Waals surface area (Å²) in [6, 6.07) is 5.76. The molecule has 21 heavy (non-hydrogen) atoms. The monoisotopic (exact) mass is 328 g/mol. The number of sulfone groups is 1. The molecule has 0 aliphatic rings. The lowest BCUT2D eigenvalue weighted by atomic mass is 10.3. The van der Waals surface area contributed by atoms with E-state index in [0.29, 0.717) is 17.7 Å². The second kappa shape index (κ2) is 6.19. The minimum atomic E-state index is -2.95. The Hall–Kier alpha value is -1.34. The van der Waals surface area contributed by atoms with E-state index in [1.165, 1.54) is 6.26 Å². The molecule has 0 radical (unpaired) electrons. The quantitative estimate of drug-likeness (QED) is 0.828. The molecule has 7 heteroatoms. The Kier molecular flexibility index (Phi) is 4.73. The molecule has 2 aromatic rings. The number of aryl methyl sites for hydroxylation is 1. The van der Waals surface area contributed by atoms with Crippen LogP contribution >= 0.6 is 12.2 Å². The highest BCUT2D eigenvalue weighted by Crippen LogP contribution is 2.26. The molecule has 5 nitrogen and oxygen atoms in total. The Morgan fingerprint density at radius 3 is 2.71 bits per heavy atom. The molecule has 0 aliphatic heterocycles. The summed E-state index contributed by atoms with van der Waals surface area (Å²) in [5, 5.41) is 0. The summed E-state index contributed by atoms with van der Waals surface area (Å²) >= 11 is 5.34. The Morgan fingerprint density at radius 1 is 1.38 bits per heavy atom. The van der Waals surface area contributed by atoms with Gasteiger partial charge < -0.3 is 14.3 Å². The van der Waals surface area contributed by atoms with Crippen molar-refractivity contribution in [1.82, 2.24) is 9.55 Å². The first-order valence-electron chi connectivity index (χ1n) is 6.84. The van der Waals surface area contributed by atoms with Crippen LogP contribution in [0.3, 0.4) is 0 Å². The number of imidazole rings is 1. The van der Waals surface area contributed by atoms with Crippen molar-refractivity contribution >= 4 is 33.1 Å². The van der Waals surface area contributed by atoms with Gasteiger partial charge in [0, 0.05) is 12.8 Å². The number of nitrogens with one attached hydrogen (secondary N) is 1. The van der Waals surface area contributed by atoms with Gasteiger partial charge in [-0.1, -0.05) is 6.07 Å². The number of fused-ring (bicyclic) bond motifs is 1. The first-order valence-corrected chi connectivity index (χ1v) is 9.31. The van der Waals surface area contributed by atoms with Crippen LogP contribution in [0.2, 0.25) is 0 Å². The van der Waals surface area contributed by atoms with E-state index in [1.807, 2.05) is 36.6 Å². The van der Waals surface area contributed by atoms with E-state index in [0.717, 1.165) is 16.8 Å². The number of aromatic nitrogens is 2. The number of hydrogen-bond donors (Lipinski definition) is 1. The zero-order valence-electron chi connectivity index (χ0n) is 12.4. The molecule has 2 rings (SSSR count). The normalized spacial score (nSPS) is 12.2. The second-order valence-corrected chi connectivity index (χ2v) is 8.03. The fourth-order valence-electron chi connectivity index (χ4n) is 2.21. The van der Waals surface area contributed by atoms with Gasteiger partial charge >= 0.3 is 0 Å². The molecule has 1 N–H and O–H groups in total. The Bertz CT molecular complexity index is 788. The Morgan fingerprint density at radius 2 is 2.10 bits per heavy atom. The molecule has 116 valence electrons. The highest BCUT2D eigenvalue weighted by molar-refractivity contribution is 7.90. The molecule has 0 amide bonds. The van der Waals surface area contributed by atoms with Crippen molar-refractivity contribution in [3.63, 3.8) is 0 Å². The molecule has 1 aromatic carbocycles. The standard InChI is InChI=1S/C14H20N2O3S2/c1-10(2)19-12-7-4-6-11-13(12)15-14(20)16(11)8-5-9-21(3,17)18/h4,6-7,10H,5,8-9H2,1-3H3,(H,15,20). The fourth-order valence-corrected chi connectivity index (χ4v) is 3.16. The third-order valence-electron chi connectivity index (χ3n) is 3.03. The van der Waals surface area contributed by atoms with E-state index in [-0.39, 0.29) is 11.9 Å². The summed E-state index contributed by atoms with van der Waals surface area (Å²) in [4.78, 5) is 3.15. The van der Waals surface area contributed by atoms with Crippen LogP contribution in [0.25, 0.3) is 11.0 Å². The lowest BCUT2D eigenvalue weighted by molar-refractivity contribution is 0.245. The maximum absolute atomic E-state index is 11.2. The molecule has 1 aromatic heterocycles. The van der Waals surface area contributed by atoms with Gasteiger partial charge in [-0.2, -0.15) is 0 Å². The number of H-pyrrole nitrogens is 1. The molecule has 0 spiro atoms. The van der Waals surface area contributed by atoms with Crippen LogP contribution in [-0.2, 0) is 16.4 Å². The minimum absolute atomic E-state index is 0.0751. The molecular weight excluding hydrogens is 308 g/mol. The molecule has 0 saturated heterocycles. The van der Waals surface area contributed by atoms with Gasteiger partial charge in [0.25, 0.3) is 0 Å². The number of rotatable bonds is 6. The first kappa shape index (κ1) is 16.0. The minimum Gasteiger partial charge on any atom is -0.489 e. The van der Waals surface area contributed by atoms with Gasteiger partial charge in [-0.05, 0) is 44.6 Å². The van der Waals surface area contributed by atoms with Gasteiger partial charge in [-0.25, -0.2) is 8.42 Å². The Balaban J connectivity index is 2.33. The van der Waals surface area contributed by atoms with E-state index >= 15 is 0 Å². The van der Waals surface area contributed by atoms with Crippen molar-refractivity contribution in [2.75, 3.05) is 12.0 Å². The van der Waals surface area contributed by atoms with Crippen LogP contribution in [0.5, 0.6) is 5.75 Å². The van der Waals surface area contributed by atoms with Crippen molar-refractivity contribution in [1.29, 1.82) is 0 Å². The molecule has 1 heterocycles. The van der Waals surface area contributed by atoms with Gasteiger partial charge in [0.05, 0.1) is 17.4 Å². The number of aromatic amines is 1. The molecule has 0 aliphatic carbocycles. The van der Waals surface area contributed by atoms with Gasteiger partial charge in [0.1, 0.15) is 21.1 Å². The van der Waals surface area contributed by atoms with E-state index in [4.69, 9.17) is 17.0 Å². The van der Waals surface area contributed by atoms with Crippen LogP contribution in [0, 0.1) is 4.77 Å². The smallest absolute Gasteiger partial charge is 0.178 e. The number of nitrogens with zero attached hydrogens (tertiary/aromatic N) is 1. The zero-order chi connectivity index (χ0) is 15.6.